The third-order valence-corrected chi connectivity index (χ3v) is 4.25. The van der Waals surface area contributed by atoms with E-state index in [0.29, 0.717) is 17.6 Å². The van der Waals surface area contributed by atoms with E-state index in [1.807, 2.05) is 6.07 Å². The largest absolute Gasteiger partial charge is 0.496 e. The Kier molecular flexibility index (Phi) is 3.63. The van der Waals surface area contributed by atoms with Crippen LogP contribution in [0.2, 0.25) is 0 Å². The van der Waals surface area contributed by atoms with Gasteiger partial charge in [-0.1, -0.05) is 6.07 Å². The summed E-state index contributed by atoms with van der Waals surface area (Å²) in [5, 5.41) is 3.50. The minimum atomic E-state index is -0.334. The molecule has 0 saturated carbocycles. The zero-order valence-corrected chi connectivity index (χ0v) is 11.9. The highest BCUT2D eigenvalue weighted by molar-refractivity contribution is 5.89. The monoisotopic (exact) mass is 276 g/mol. The zero-order chi connectivity index (χ0) is 14.1. The Hall–Kier alpha value is -1.59. The third-order valence-electron chi connectivity index (χ3n) is 4.25. The van der Waals surface area contributed by atoms with Crippen molar-refractivity contribution in [3.8, 4) is 5.75 Å². The predicted molar refractivity (Wildman–Crippen MR) is 74.9 cm³/mol. The molecule has 5 heteroatoms. The molecule has 0 aliphatic carbocycles. The van der Waals surface area contributed by atoms with Crippen LogP contribution in [-0.2, 0) is 11.3 Å². The molecule has 0 unspecified atom stereocenters. The number of esters is 1. The maximum atomic E-state index is 11.5. The molecule has 1 aromatic rings. The number of benzene rings is 1. The van der Waals surface area contributed by atoms with Crippen LogP contribution in [0.3, 0.4) is 0 Å². The summed E-state index contributed by atoms with van der Waals surface area (Å²) in [5.74, 6) is 0.419. The van der Waals surface area contributed by atoms with Gasteiger partial charge in [-0.15, -0.1) is 0 Å². The molecule has 2 bridgehead atoms. The lowest BCUT2D eigenvalue weighted by Crippen LogP contribution is -2.43. The fourth-order valence-electron chi connectivity index (χ4n) is 3.18. The van der Waals surface area contributed by atoms with E-state index in [4.69, 9.17) is 9.47 Å². The van der Waals surface area contributed by atoms with Gasteiger partial charge in [-0.05, 0) is 18.6 Å². The first-order valence-electron chi connectivity index (χ1n) is 6.94. The van der Waals surface area contributed by atoms with Crippen LogP contribution in [0.1, 0.15) is 22.3 Å². The van der Waals surface area contributed by atoms with Crippen LogP contribution in [0.4, 0.5) is 0 Å². The Morgan fingerprint density at radius 2 is 2.30 bits per heavy atom. The lowest BCUT2D eigenvalue weighted by molar-refractivity contribution is 0.0600. The number of fused-ring (bicyclic) bond motifs is 2. The minimum absolute atomic E-state index is 0.334. The number of carbonyl (C=O) groups excluding carboxylic acids is 1. The van der Waals surface area contributed by atoms with Crippen LogP contribution >= 0.6 is 0 Å². The Bertz CT molecular complexity index is 518. The first-order chi connectivity index (χ1) is 9.71. The highest BCUT2D eigenvalue weighted by Crippen LogP contribution is 2.28. The Balaban J connectivity index is 1.77. The van der Waals surface area contributed by atoms with E-state index in [9.17, 15) is 4.79 Å². The lowest BCUT2D eigenvalue weighted by atomic mass is 10.1. The molecule has 2 fully saturated rings. The molecule has 2 heterocycles. The van der Waals surface area contributed by atoms with Crippen molar-refractivity contribution in [1.29, 1.82) is 0 Å². The molecule has 2 atom stereocenters. The van der Waals surface area contributed by atoms with Crippen LogP contribution < -0.4 is 10.1 Å². The van der Waals surface area contributed by atoms with Gasteiger partial charge in [-0.2, -0.15) is 0 Å². The van der Waals surface area contributed by atoms with Gasteiger partial charge in [0.2, 0.25) is 0 Å². The number of methoxy groups -OCH3 is 2. The second-order valence-electron chi connectivity index (χ2n) is 5.44. The van der Waals surface area contributed by atoms with E-state index in [-0.39, 0.29) is 5.97 Å². The average molecular weight is 276 g/mol. The SMILES string of the molecule is COC(=O)c1ccc(CN2C[C@@H]3C[C@H]2CN3)c(OC)c1. The summed E-state index contributed by atoms with van der Waals surface area (Å²) < 4.78 is 10.2. The number of carbonyl (C=O) groups is 1. The van der Waals surface area contributed by atoms with Gasteiger partial charge in [-0.25, -0.2) is 4.79 Å². The van der Waals surface area contributed by atoms with Gasteiger partial charge in [0, 0.05) is 37.3 Å². The predicted octanol–water partition coefficient (Wildman–Crippen LogP) is 1.03. The molecule has 3 rings (SSSR count). The van der Waals surface area contributed by atoms with Crippen LogP contribution in [0.5, 0.6) is 5.75 Å². The molecule has 2 aliphatic rings. The standard InChI is InChI=1S/C15H20N2O3/c1-19-14-5-10(15(18)20-2)3-4-11(14)8-17-9-12-6-13(17)7-16-12/h3-5,12-13,16H,6-9H2,1-2H3/t12-,13-/m0/s1. The first-order valence-corrected chi connectivity index (χ1v) is 6.94. The number of rotatable bonds is 4. The average Bonchev–Trinajstić information content (AvgIpc) is 3.09. The topological polar surface area (TPSA) is 50.8 Å². The highest BCUT2D eigenvalue weighted by Gasteiger charge is 2.37. The van der Waals surface area contributed by atoms with E-state index in [1.165, 1.54) is 13.5 Å². The van der Waals surface area contributed by atoms with Crippen molar-refractivity contribution in [3.05, 3.63) is 29.3 Å². The van der Waals surface area contributed by atoms with E-state index in [1.54, 1.807) is 19.2 Å². The number of hydrogen-bond acceptors (Lipinski definition) is 5. The minimum Gasteiger partial charge on any atom is -0.496 e. The molecule has 20 heavy (non-hydrogen) atoms. The summed E-state index contributed by atoms with van der Waals surface area (Å²) in [7, 11) is 3.02. The van der Waals surface area contributed by atoms with Gasteiger partial charge < -0.3 is 14.8 Å². The number of piperazine rings is 1. The summed E-state index contributed by atoms with van der Waals surface area (Å²) in [6.07, 6.45) is 1.24. The molecule has 2 saturated heterocycles. The van der Waals surface area contributed by atoms with Crippen molar-refractivity contribution >= 4 is 5.97 Å². The molecule has 1 aromatic carbocycles. The number of nitrogens with zero attached hydrogens (tertiary/aromatic N) is 1. The van der Waals surface area contributed by atoms with Crippen molar-refractivity contribution in [1.82, 2.24) is 10.2 Å². The van der Waals surface area contributed by atoms with E-state index in [0.717, 1.165) is 30.9 Å². The summed E-state index contributed by atoms with van der Waals surface area (Å²) in [6.45, 7) is 3.03. The number of nitrogens with one attached hydrogen (secondary N) is 1. The van der Waals surface area contributed by atoms with Gasteiger partial charge >= 0.3 is 5.97 Å². The normalized spacial score (nSPS) is 24.9. The smallest absolute Gasteiger partial charge is 0.337 e. The van der Waals surface area contributed by atoms with Crippen LogP contribution in [0, 0.1) is 0 Å². The van der Waals surface area contributed by atoms with Crippen molar-refractivity contribution in [2.75, 3.05) is 27.3 Å². The fraction of sp³-hybridized carbons (Fsp3) is 0.533. The number of hydrogen-bond donors (Lipinski definition) is 1. The molecule has 5 nitrogen and oxygen atoms in total. The summed E-state index contributed by atoms with van der Waals surface area (Å²) in [5.41, 5.74) is 1.64. The van der Waals surface area contributed by atoms with Gasteiger partial charge in [0.15, 0.2) is 0 Å². The summed E-state index contributed by atoms with van der Waals surface area (Å²) in [6, 6.07) is 6.79. The zero-order valence-electron chi connectivity index (χ0n) is 11.9. The summed E-state index contributed by atoms with van der Waals surface area (Å²) in [4.78, 5) is 14.0. The van der Waals surface area contributed by atoms with Gasteiger partial charge in [-0.3, -0.25) is 4.90 Å². The Morgan fingerprint density at radius 3 is 2.90 bits per heavy atom. The molecule has 1 N–H and O–H groups in total. The van der Waals surface area contributed by atoms with Gasteiger partial charge in [0.25, 0.3) is 0 Å². The van der Waals surface area contributed by atoms with Crippen LogP contribution in [0.15, 0.2) is 18.2 Å². The summed E-state index contributed by atoms with van der Waals surface area (Å²) >= 11 is 0. The van der Waals surface area contributed by atoms with Crippen molar-refractivity contribution in [2.45, 2.75) is 25.0 Å². The lowest BCUT2D eigenvalue weighted by Gasteiger charge is -2.27. The molecule has 0 radical (unpaired) electrons. The second kappa shape index (κ2) is 5.42. The van der Waals surface area contributed by atoms with Crippen LogP contribution in [0.25, 0.3) is 0 Å². The quantitative estimate of drug-likeness (QED) is 0.832. The molecule has 0 aromatic heterocycles. The second-order valence-corrected chi connectivity index (χ2v) is 5.44. The van der Waals surface area contributed by atoms with E-state index >= 15 is 0 Å². The highest BCUT2D eigenvalue weighted by atomic mass is 16.5. The Morgan fingerprint density at radius 1 is 1.45 bits per heavy atom. The molecular weight excluding hydrogens is 256 g/mol. The molecule has 0 spiro atoms. The van der Waals surface area contributed by atoms with Crippen molar-refractivity contribution in [3.63, 3.8) is 0 Å². The molecule has 2 aliphatic heterocycles. The van der Waals surface area contributed by atoms with Crippen molar-refractivity contribution in [2.24, 2.45) is 0 Å². The van der Waals surface area contributed by atoms with Crippen molar-refractivity contribution < 1.29 is 14.3 Å². The van der Waals surface area contributed by atoms with Crippen LogP contribution in [-0.4, -0.2) is 50.3 Å². The Labute approximate surface area is 118 Å². The van der Waals surface area contributed by atoms with Gasteiger partial charge in [0.05, 0.1) is 19.8 Å². The van der Waals surface area contributed by atoms with E-state index < -0.39 is 0 Å². The molecule has 0 amide bonds. The number of ether oxygens (including phenoxy) is 2. The maximum Gasteiger partial charge on any atom is 0.337 e. The first kappa shape index (κ1) is 13.4. The molecular formula is C15H20N2O3. The molecule has 108 valence electrons. The third kappa shape index (κ3) is 2.39. The maximum absolute atomic E-state index is 11.5. The number of likely N-dealkylation sites (tertiary alicyclic amines) is 1. The van der Waals surface area contributed by atoms with Gasteiger partial charge in [0.1, 0.15) is 5.75 Å². The van der Waals surface area contributed by atoms with E-state index in [2.05, 4.69) is 10.2 Å². The fourth-order valence-corrected chi connectivity index (χ4v) is 3.18.